The smallest absolute Gasteiger partial charge is 0.207 e. The zero-order valence-electron chi connectivity index (χ0n) is 22.0. The molecule has 4 fully saturated rings. The Labute approximate surface area is 220 Å². The molecule has 0 N–H and O–H groups in total. The van der Waals surface area contributed by atoms with E-state index in [1.54, 1.807) is 0 Å². The number of likely N-dealkylation sites (tertiary alicyclic amines) is 1. The highest BCUT2D eigenvalue weighted by Gasteiger charge is 2.78. The molecular weight excluding hydrogens is 462 g/mol. The highest BCUT2D eigenvalue weighted by molar-refractivity contribution is 5.61. The first-order valence-corrected chi connectivity index (χ1v) is 14.6. The number of fused-ring (bicyclic) bond motifs is 1. The monoisotopic (exact) mass is 501 g/mol. The van der Waals surface area contributed by atoms with Crippen LogP contribution in [0, 0.1) is 12.8 Å². The maximum absolute atomic E-state index is 7.36. The van der Waals surface area contributed by atoms with E-state index in [0.29, 0.717) is 19.3 Å². The zero-order valence-corrected chi connectivity index (χ0v) is 22.0. The molecular formula is C32H39NO4. The summed E-state index contributed by atoms with van der Waals surface area (Å²) in [7, 11) is 0. The van der Waals surface area contributed by atoms with E-state index in [0.717, 1.165) is 63.3 Å². The van der Waals surface area contributed by atoms with Crippen molar-refractivity contribution >= 4 is 0 Å². The molecule has 2 aromatic carbocycles. The minimum Gasteiger partial charge on any atom is -0.483 e. The van der Waals surface area contributed by atoms with E-state index in [4.69, 9.17) is 18.9 Å². The van der Waals surface area contributed by atoms with Gasteiger partial charge < -0.3 is 18.9 Å². The predicted molar refractivity (Wildman–Crippen MR) is 141 cm³/mol. The molecule has 3 aliphatic heterocycles. The van der Waals surface area contributed by atoms with Gasteiger partial charge in [-0.15, -0.1) is 0 Å². The largest absolute Gasteiger partial charge is 0.483 e. The number of hydrogen-bond donors (Lipinski definition) is 0. The minimum atomic E-state index is -0.653. The van der Waals surface area contributed by atoms with Crippen molar-refractivity contribution < 1.29 is 18.9 Å². The van der Waals surface area contributed by atoms with Gasteiger partial charge in [-0.3, -0.25) is 4.90 Å². The van der Waals surface area contributed by atoms with Gasteiger partial charge in [0.1, 0.15) is 5.75 Å². The van der Waals surface area contributed by atoms with E-state index in [1.165, 1.54) is 41.6 Å². The maximum Gasteiger partial charge on any atom is 0.207 e. The lowest BCUT2D eigenvalue weighted by Crippen LogP contribution is -2.80. The summed E-state index contributed by atoms with van der Waals surface area (Å²) in [4.78, 5) is 2.81. The summed E-state index contributed by atoms with van der Waals surface area (Å²) in [5, 5.41) is 0. The fourth-order valence-electron chi connectivity index (χ4n) is 8.79. The van der Waals surface area contributed by atoms with Crippen molar-refractivity contribution in [2.75, 3.05) is 32.9 Å². The van der Waals surface area contributed by atoms with Crippen LogP contribution in [0.15, 0.2) is 42.5 Å². The molecule has 8 rings (SSSR count). The van der Waals surface area contributed by atoms with Crippen LogP contribution in [0.3, 0.4) is 0 Å². The Hall–Kier alpha value is -1.92. The van der Waals surface area contributed by atoms with Crippen molar-refractivity contribution in [3.8, 4) is 5.75 Å². The van der Waals surface area contributed by atoms with E-state index >= 15 is 0 Å². The zero-order chi connectivity index (χ0) is 24.7. The van der Waals surface area contributed by atoms with Crippen molar-refractivity contribution in [1.82, 2.24) is 4.90 Å². The SMILES string of the molecule is Cc1ccc2c3c1O[C@H]1C4(CCC5(OCCCc6ccccc6)C(C2)N(CC2CC2)CC[C@]315)OCCO4. The van der Waals surface area contributed by atoms with Crippen LogP contribution in [0.4, 0.5) is 0 Å². The van der Waals surface area contributed by atoms with Gasteiger partial charge in [-0.05, 0) is 81.0 Å². The first kappa shape index (κ1) is 23.0. The van der Waals surface area contributed by atoms with E-state index in [9.17, 15) is 0 Å². The molecule has 0 amide bonds. The molecule has 2 saturated heterocycles. The van der Waals surface area contributed by atoms with Crippen LogP contribution in [0.1, 0.15) is 60.8 Å². The third-order valence-corrected chi connectivity index (χ3v) is 10.5. The lowest BCUT2D eigenvalue weighted by atomic mass is 9.47. The molecule has 3 heterocycles. The van der Waals surface area contributed by atoms with Crippen LogP contribution in [0.5, 0.6) is 5.75 Å². The van der Waals surface area contributed by atoms with Gasteiger partial charge in [-0.2, -0.15) is 0 Å². The predicted octanol–water partition coefficient (Wildman–Crippen LogP) is 4.96. The molecule has 2 bridgehead atoms. The Balaban J connectivity index is 1.22. The van der Waals surface area contributed by atoms with Gasteiger partial charge in [0, 0.05) is 31.2 Å². The highest BCUT2D eigenvalue weighted by atomic mass is 16.8. The average Bonchev–Trinajstić information content (AvgIpc) is 3.48. The number of nitrogens with zero attached hydrogens (tertiary/aromatic N) is 1. The number of rotatable bonds is 7. The molecule has 2 spiro atoms. The van der Waals surface area contributed by atoms with Gasteiger partial charge in [-0.25, -0.2) is 0 Å². The first-order valence-electron chi connectivity index (χ1n) is 14.6. The molecule has 4 atom stereocenters. The quantitative estimate of drug-likeness (QED) is 0.502. The summed E-state index contributed by atoms with van der Waals surface area (Å²) < 4.78 is 27.3. The molecule has 6 aliphatic rings. The Morgan fingerprint density at radius 3 is 2.65 bits per heavy atom. The van der Waals surface area contributed by atoms with E-state index in [-0.39, 0.29) is 17.1 Å². The number of piperidine rings is 1. The Kier molecular flexibility index (Phi) is 5.15. The Bertz CT molecular complexity index is 1190. The van der Waals surface area contributed by atoms with Crippen molar-refractivity contribution in [2.24, 2.45) is 5.92 Å². The normalized spacial score (nSPS) is 34.9. The Morgan fingerprint density at radius 2 is 1.84 bits per heavy atom. The number of ether oxygens (including phenoxy) is 4. The van der Waals surface area contributed by atoms with Crippen LogP contribution >= 0.6 is 0 Å². The van der Waals surface area contributed by atoms with E-state index in [1.807, 2.05) is 0 Å². The van der Waals surface area contributed by atoms with Crippen LogP contribution in [-0.2, 0) is 32.5 Å². The van der Waals surface area contributed by atoms with Crippen LogP contribution < -0.4 is 4.74 Å². The molecule has 2 unspecified atom stereocenters. The van der Waals surface area contributed by atoms with E-state index in [2.05, 4.69) is 54.3 Å². The summed E-state index contributed by atoms with van der Waals surface area (Å²) in [5.41, 5.74) is 5.03. The summed E-state index contributed by atoms with van der Waals surface area (Å²) >= 11 is 0. The summed E-state index contributed by atoms with van der Waals surface area (Å²) in [6, 6.07) is 15.9. The number of benzene rings is 2. The van der Waals surface area contributed by atoms with Gasteiger partial charge in [0.15, 0.2) is 6.10 Å². The van der Waals surface area contributed by atoms with Gasteiger partial charge in [-0.1, -0.05) is 42.5 Å². The van der Waals surface area contributed by atoms with E-state index < -0.39 is 5.79 Å². The second-order valence-electron chi connectivity index (χ2n) is 12.5. The number of aryl methyl sites for hydroxylation is 2. The summed E-state index contributed by atoms with van der Waals surface area (Å²) in [6.07, 6.45) is 8.63. The van der Waals surface area contributed by atoms with Gasteiger partial charge in [0.2, 0.25) is 5.79 Å². The standard InChI is InChI=1S/C32H39NO4/c1-22-9-12-25-20-26-31(34-17-5-8-23-6-3-2-4-7-23)13-14-32(35-18-19-36-32)29-30(31,27(25)28(22)37-29)15-16-33(26)21-24-10-11-24/h2-4,6-7,9,12,24,26,29H,5,8,10-11,13-21H2,1H3/t26?,29-,30+,31?/m1/s1. The van der Waals surface area contributed by atoms with Crippen molar-refractivity contribution in [3.05, 3.63) is 64.7 Å². The van der Waals surface area contributed by atoms with Crippen molar-refractivity contribution in [1.29, 1.82) is 0 Å². The lowest BCUT2D eigenvalue weighted by molar-refractivity contribution is -0.306. The fourth-order valence-corrected chi connectivity index (χ4v) is 8.79. The topological polar surface area (TPSA) is 40.2 Å². The molecule has 2 saturated carbocycles. The van der Waals surface area contributed by atoms with Crippen molar-refractivity contribution in [2.45, 2.75) is 87.2 Å². The molecule has 0 radical (unpaired) electrons. The minimum absolute atomic E-state index is 0.147. The molecule has 2 aromatic rings. The molecule has 5 nitrogen and oxygen atoms in total. The lowest BCUT2D eigenvalue weighted by Gasteiger charge is -2.67. The maximum atomic E-state index is 7.36. The fraction of sp³-hybridized carbons (Fsp3) is 0.625. The van der Waals surface area contributed by atoms with Crippen LogP contribution in [-0.4, -0.2) is 61.3 Å². The third-order valence-electron chi connectivity index (χ3n) is 10.5. The second kappa shape index (κ2) is 8.29. The van der Waals surface area contributed by atoms with Crippen molar-refractivity contribution in [3.63, 3.8) is 0 Å². The summed E-state index contributed by atoms with van der Waals surface area (Å²) in [5.74, 6) is 1.31. The van der Waals surface area contributed by atoms with Gasteiger partial charge in [0.25, 0.3) is 0 Å². The summed E-state index contributed by atoms with van der Waals surface area (Å²) in [6.45, 7) is 6.61. The highest BCUT2D eigenvalue weighted by Crippen LogP contribution is 2.68. The molecule has 0 aromatic heterocycles. The molecule has 3 aliphatic carbocycles. The first-order chi connectivity index (χ1) is 18.2. The van der Waals surface area contributed by atoms with Gasteiger partial charge in [0.05, 0.1) is 24.2 Å². The Morgan fingerprint density at radius 1 is 1.00 bits per heavy atom. The number of hydrogen-bond acceptors (Lipinski definition) is 5. The third kappa shape index (κ3) is 3.18. The molecule has 37 heavy (non-hydrogen) atoms. The second-order valence-corrected chi connectivity index (χ2v) is 12.5. The average molecular weight is 502 g/mol. The molecule has 196 valence electrons. The van der Waals surface area contributed by atoms with Crippen LogP contribution in [0.2, 0.25) is 0 Å². The van der Waals surface area contributed by atoms with Crippen LogP contribution in [0.25, 0.3) is 0 Å². The van der Waals surface area contributed by atoms with Gasteiger partial charge >= 0.3 is 0 Å². The molecule has 5 heteroatoms.